The molecule has 0 unspecified atom stereocenters. The lowest BCUT2D eigenvalue weighted by Gasteiger charge is -1.95. The largest absolute Gasteiger partial charge is 0.478 e. The van der Waals surface area contributed by atoms with E-state index < -0.39 is 5.97 Å². The Kier molecular flexibility index (Phi) is 2.72. The number of thiol groups is 1. The van der Waals surface area contributed by atoms with Gasteiger partial charge in [0.25, 0.3) is 0 Å². The maximum atomic E-state index is 10.9. The second kappa shape index (κ2) is 3.71. The topological polar surface area (TPSA) is 37.3 Å². The fourth-order valence-corrected chi connectivity index (χ4v) is 3.53. The van der Waals surface area contributed by atoms with Crippen molar-refractivity contribution in [3.05, 3.63) is 26.6 Å². The third-order valence-corrected chi connectivity index (χ3v) is 5.15. The molecule has 2 aromatic rings. The highest BCUT2D eigenvalue weighted by Gasteiger charge is 2.13. The van der Waals surface area contributed by atoms with Gasteiger partial charge in [0, 0.05) is 10.3 Å². The summed E-state index contributed by atoms with van der Waals surface area (Å²) < 4.78 is 1.82. The molecule has 1 heterocycles. The molecule has 2 nitrogen and oxygen atoms in total. The number of halogens is 1. The minimum atomic E-state index is -0.887. The molecule has 1 aromatic carbocycles. The summed E-state index contributed by atoms with van der Waals surface area (Å²) >= 11 is 7.97. The van der Waals surface area contributed by atoms with Crippen molar-refractivity contribution in [1.82, 2.24) is 0 Å². The van der Waals surface area contributed by atoms with Crippen LogP contribution in [0.15, 0.2) is 23.1 Å². The van der Waals surface area contributed by atoms with Gasteiger partial charge in [-0.15, -0.1) is 24.0 Å². The van der Waals surface area contributed by atoms with Crippen LogP contribution in [0.1, 0.15) is 10.4 Å². The standard InChI is InChI=1S/C9H5IO2S2/c10-8-6(13)4-2-1-3-5(9(11)12)7(4)14-8/h1-3,13H,(H,11,12). The summed E-state index contributed by atoms with van der Waals surface area (Å²) in [5, 5.41) is 9.88. The summed E-state index contributed by atoms with van der Waals surface area (Å²) in [5.41, 5.74) is 0.353. The van der Waals surface area contributed by atoms with Crippen molar-refractivity contribution >= 4 is 62.6 Å². The number of fused-ring (bicyclic) bond motifs is 1. The first kappa shape index (κ1) is 10.3. The Hall–Kier alpha value is -0.270. The maximum absolute atomic E-state index is 10.9. The van der Waals surface area contributed by atoms with Crippen LogP contribution < -0.4 is 0 Å². The number of benzene rings is 1. The predicted octanol–water partition coefficient (Wildman–Crippen LogP) is 3.49. The number of aromatic carboxylic acids is 1. The monoisotopic (exact) mass is 336 g/mol. The molecule has 0 fully saturated rings. The van der Waals surface area contributed by atoms with Gasteiger partial charge in [-0.2, -0.15) is 0 Å². The van der Waals surface area contributed by atoms with Gasteiger partial charge in [0.05, 0.1) is 13.1 Å². The Labute approximate surface area is 103 Å². The van der Waals surface area contributed by atoms with Gasteiger partial charge in [0.2, 0.25) is 0 Å². The lowest BCUT2D eigenvalue weighted by molar-refractivity contribution is 0.0699. The van der Waals surface area contributed by atoms with E-state index in [1.807, 2.05) is 6.07 Å². The van der Waals surface area contributed by atoms with Crippen molar-refractivity contribution in [2.75, 3.05) is 0 Å². The predicted molar refractivity (Wildman–Crippen MR) is 68.8 cm³/mol. The van der Waals surface area contributed by atoms with Gasteiger partial charge < -0.3 is 5.11 Å². The number of carboxylic acid groups (broad SMARTS) is 1. The van der Waals surface area contributed by atoms with Crippen LogP contribution in [0.25, 0.3) is 10.1 Å². The van der Waals surface area contributed by atoms with Crippen LogP contribution in [0.2, 0.25) is 0 Å². The van der Waals surface area contributed by atoms with E-state index in [-0.39, 0.29) is 0 Å². The zero-order valence-electron chi connectivity index (χ0n) is 6.82. The molecule has 5 heteroatoms. The zero-order chi connectivity index (χ0) is 10.3. The van der Waals surface area contributed by atoms with Crippen LogP contribution in [0.5, 0.6) is 0 Å². The van der Waals surface area contributed by atoms with E-state index in [4.69, 9.17) is 5.11 Å². The average Bonchev–Trinajstić information content (AvgIpc) is 2.43. The van der Waals surface area contributed by atoms with Gasteiger partial charge in [-0.1, -0.05) is 12.1 Å². The fourth-order valence-electron chi connectivity index (χ4n) is 1.25. The van der Waals surface area contributed by atoms with E-state index in [1.165, 1.54) is 11.3 Å². The second-order valence-corrected chi connectivity index (χ2v) is 5.99. The third kappa shape index (κ3) is 1.53. The Morgan fingerprint density at radius 3 is 2.86 bits per heavy atom. The van der Waals surface area contributed by atoms with Crippen molar-refractivity contribution in [3.8, 4) is 0 Å². The lowest BCUT2D eigenvalue weighted by atomic mass is 10.2. The SMILES string of the molecule is O=C(O)c1cccc2c(S)c(I)sc12. The summed E-state index contributed by atoms with van der Waals surface area (Å²) in [7, 11) is 0. The summed E-state index contributed by atoms with van der Waals surface area (Å²) in [4.78, 5) is 11.8. The minimum absolute atomic E-state index is 0.353. The number of carbonyl (C=O) groups is 1. The fraction of sp³-hybridized carbons (Fsp3) is 0. The molecule has 0 radical (unpaired) electrons. The van der Waals surface area contributed by atoms with E-state index >= 15 is 0 Å². The highest BCUT2D eigenvalue weighted by Crippen LogP contribution is 2.36. The van der Waals surface area contributed by atoms with Crippen molar-refractivity contribution in [2.45, 2.75) is 4.90 Å². The molecule has 0 bridgehead atoms. The molecule has 72 valence electrons. The van der Waals surface area contributed by atoms with Gasteiger partial charge in [-0.25, -0.2) is 4.79 Å². The highest BCUT2D eigenvalue weighted by molar-refractivity contribution is 14.1. The second-order valence-electron chi connectivity index (χ2n) is 2.71. The zero-order valence-corrected chi connectivity index (χ0v) is 10.7. The molecule has 2 rings (SSSR count). The molecule has 0 aliphatic carbocycles. The number of hydrogen-bond donors (Lipinski definition) is 2. The quantitative estimate of drug-likeness (QED) is 0.618. The first-order valence-electron chi connectivity index (χ1n) is 3.74. The molecule has 1 N–H and O–H groups in total. The molecular weight excluding hydrogens is 331 g/mol. The molecule has 1 aromatic heterocycles. The number of hydrogen-bond acceptors (Lipinski definition) is 3. The van der Waals surface area contributed by atoms with Gasteiger partial charge in [0.1, 0.15) is 0 Å². The van der Waals surface area contributed by atoms with Crippen LogP contribution in [0, 0.1) is 2.88 Å². The van der Waals surface area contributed by atoms with Crippen molar-refractivity contribution in [3.63, 3.8) is 0 Å². The van der Waals surface area contributed by atoms with E-state index in [9.17, 15) is 4.79 Å². The smallest absolute Gasteiger partial charge is 0.337 e. The summed E-state index contributed by atoms with van der Waals surface area (Å²) in [6, 6.07) is 5.25. The Balaban J connectivity index is 2.88. The van der Waals surface area contributed by atoms with E-state index in [1.54, 1.807) is 12.1 Å². The summed E-state index contributed by atoms with van der Waals surface area (Å²) in [6.07, 6.45) is 0. The number of rotatable bonds is 1. The Bertz CT molecular complexity index is 519. The van der Waals surface area contributed by atoms with E-state index in [0.717, 1.165) is 17.9 Å². The molecule has 0 aliphatic rings. The van der Waals surface area contributed by atoms with Crippen LogP contribution in [0.3, 0.4) is 0 Å². The molecule has 0 saturated carbocycles. The first-order valence-corrected chi connectivity index (χ1v) is 6.09. The summed E-state index contributed by atoms with van der Waals surface area (Å²) in [6.45, 7) is 0. The Morgan fingerprint density at radius 2 is 2.21 bits per heavy atom. The van der Waals surface area contributed by atoms with Crippen LogP contribution in [0.4, 0.5) is 0 Å². The first-order chi connectivity index (χ1) is 6.61. The van der Waals surface area contributed by atoms with Gasteiger partial charge in [-0.05, 0) is 28.7 Å². The normalized spacial score (nSPS) is 10.7. The van der Waals surface area contributed by atoms with E-state index in [2.05, 4.69) is 35.2 Å². The molecule has 0 amide bonds. The van der Waals surface area contributed by atoms with Crippen molar-refractivity contribution < 1.29 is 9.90 Å². The molecule has 14 heavy (non-hydrogen) atoms. The van der Waals surface area contributed by atoms with Gasteiger partial charge >= 0.3 is 5.97 Å². The van der Waals surface area contributed by atoms with Gasteiger partial charge in [-0.3, -0.25) is 0 Å². The summed E-state index contributed by atoms with van der Waals surface area (Å²) in [5.74, 6) is -0.887. The molecule has 0 spiro atoms. The van der Waals surface area contributed by atoms with Crippen LogP contribution in [-0.4, -0.2) is 11.1 Å². The highest BCUT2D eigenvalue weighted by atomic mass is 127. The average molecular weight is 336 g/mol. The van der Waals surface area contributed by atoms with Crippen LogP contribution in [-0.2, 0) is 0 Å². The molecular formula is C9H5IO2S2. The molecule has 0 saturated heterocycles. The maximum Gasteiger partial charge on any atom is 0.337 e. The number of thiophene rings is 1. The van der Waals surface area contributed by atoms with Crippen LogP contribution >= 0.6 is 46.6 Å². The van der Waals surface area contributed by atoms with Crippen molar-refractivity contribution in [1.29, 1.82) is 0 Å². The van der Waals surface area contributed by atoms with E-state index in [0.29, 0.717) is 5.56 Å². The molecule has 0 aliphatic heterocycles. The lowest BCUT2D eigenvalue weighted by Crippen LogP contribution is -1.95. The number of carboxylic acids is 1. The minimum Gasteiger partial charge on any atom is -0.478 e. The Morgan fingerprint density at radius 1 is 1.50 bits per heavy atom. The molecule has 0 atom stereocenters. The van der Waals surface area contributed by atoms with Gasteiger partial charge in [0.15, 0.2) is 0 Å². The van der Waals surface area contributed by atoms with Crippen molar-refractivity contribution in [2.24, 2.45) is 0 Å². The third-order valence-electron chi connectivity index (χ3n) is 1.88.